The molecule has 0 unspecified atom stereocenters. The Morgan fingerprint density at radius 2 is 0.812 bits per heavy atom. The first kappa shape index (κ1) is 69.7. The number of nitrogens with one attached hydrogen (secondary N) is 8. The molecule has 5 aliphatic rings. The zero-order chi connectivity index (χ0) is 69.1. The van der Waals surface area contributed by atoms with E-state index in [4.69, 9.17) is 23.2 Å². The third kappa shape index (κ3) is 16.2. The van der Waals surface area contributed by atoms with Crippen molar-refractivity contribution in [2.24, 2.45) is 0 Å². The number of fused-ring (bicyclic) bond motifs is 4. The maximum atomic E-state index is 13.9. The van der Waals surface area contributed by atoms with Crippen molar-refractivity contribution in [1.82, 2.24) is 65.4 Å². The molecule has 0 bridgehead atoms. The zero-order valence-electron chi connectivity index (χ0n) is 54.7. The summed E-state index contributed by atoms with van der Waals surface area (Å²) in [5.74, 6) is -4.58. The van der Waals surface area contributed by atoms with E-state index in [1.165, 1.54) is 49.0 Å². The largest absolute Gasteiger partial charge is 0.322 e. The summed E-state index contributed by atoms with van der Waals surface area (Å²) in [5, 5.41) is 40.3. The molecule has 5 aromatic heterocycles. The second-order valence-corrected chi connectivity index (χ2v) is 28.1. The fraction of sp³-hybridized carbons (Fsp3) is 0.418. The van der Waals surface area contributed by atoms with Gasteiger partial charge in [-0.15, -0.1) is 0 Å². The number of nitrogens with zero attached hydrogens (tertiary/aromatic N) is 9. The standard InChI is InChI=1S/C17H20ClFN4O.C17H18F2N4O.C17H20F2N4O.C16H19ClFN5O/c1-17(2,3)15-11-9-23(7-6-14(11)21-22-15)16(24)20-10-4-5-13(19)12(18)8-10;18-13-5-4-11(8-14(13)19)20-17(24)23-7-6-15-12(9-23)16(22-21-15)10-2-1-3-10;1-17(2,3)15-11-9-23(7-6-14(11)21-22-15)16(24)20-10-4-5-12(18)13(19)8-10;1-16(2,3)13-9-8-23(7-5-10(9)21-22-13)15(24)20-11-4-6-19-14(17)12(11)18/h4-5,8H,6-7,9H2,1-3H3,(H,20,24)(H,21,22);4-5,8,10H,1-3,6-7,9H2,(H,20,24)(H,21,22);4-5,8H,6-7,9H2,1-3H3,(H,20,24)(H,21,22);4,6H,5,7-8H2,1-3H3,(H,21,22)(H,19,20,24). The van der Waals surface area contributed by atoms with E-state index >= 15 is 0 Å². The summed E-state index contributed by atoms with van der Waals surface area (Å²) < 4.78 is 79.6. The number of hydrogen-bond acceptors (Lipinski definition) is 9. The minimum absolute atomic E-state index is 0.0152. The highest BCUT2D eigenvalue weighted by Crippen LogP contribution is 2.40. The normalized spacial score (nSPS) is 15.2. The van der Waals surface area contributed by atoms with Gasteiger partial charge in [0, 0.05) is 154 Å². The maximum absolute atomic E-state index is 13.9. The van der Waals surface area contributed by atoms with Gasteiger partial charge >= 0.3 is 24.1 Å². The maximum Gasteiger partial charge on any atom is 0.322 e. The number of amides is 8. The van der Waals surface area contributed by atoms with Crippen molar-refractivity contribution in [1.29, 1.82) is 0 Å². The van der Waals surface area contributed by atoms with E-state index in [2.05, 4.69) is 129 Å². The van der Waals surface area contributed by atoms with E-state index < -0.39 is 34.9 Å². The van der Waals surface area contributed by atoms with Gasteiger partial charge in [-0.3, -0.25) is 20.4 Å². The number of urea groups is 4. The Kier molecular flexibility index (Phi) is 20.8. The molecule has 8 N–H and O–H groups in total. The Bertz CT molecular complexity index is 4050. The molecule has 0 spiro atoms. The van der Waals surface area contributed by atoms with Gasteiger partial charge in [0.2, 0.25) is 0 Å². The molecule has 0 atom stereocenters. The van der Waals surface area contributed by atoms with Gasteiger partial charge in [0.05, 0.1) is 59.7 Å². The van der Waals surface area contributed by atoms with Crippen molar-refractivity contribution in [2.45, 2.75) is 156 Å². The number of rotatable bonds is 5. The highest BCUT2D eigenvalue weighted by Gasteiger charge is 2.35. The van der Waals surface area contributed by atoms with Crippen molar-refractivity contribution in [3.8, 4) is 0 Å². The summed E-state index contributed by atoms with van der Waals surface area (Å²) in [6.07, 6.45) is 7.71. The average Bonchev–Trinajstić information content (AvgIpc) is 1.64. The molecule has 1 fully saturated rings. The fourth-order valence-corrected chi connectivity index (χ4v) is 12.2. The quantitative estimate of drug-likeness (QED) is 0.0601. The van der Waals surface area contributed by atoms with Crippen LogP contribution in [0, 0.1) is 34.9 Å². The third-order valence-electron chi connectivity index (χ3n) is 17.1. The second kappa shape index (κ2) is 28.7. The van der Waals surface area contributed by atoms with E-state index in [-0.39, 0.29) is 67.6 Å². The van der Waals surface area contributed by atoms with Crippen molar-refractivity contribution < 1.29 is 45.5 Å². The second-order valence-electron chi connectivity index (χ2n) is 27.3. The van der Waals surface area contributed by atoms with Crippen LogP contribution < -0.4 is 21.3 Å². The molecular weight excluding hydrogens is 1290 g/mol. The first-order valence-electron chi connectivity index (χ1n) is 31.5. The van der Waals surface area contributed by atoms with Crippen LogP contribution in [0.4, 0.5) is 68.3 Å². The van der Waals surface area contributed by atoms with Crippen LogP contribution in [0.2, 0.25) is 10.2 Å². The first-order chi connectivity index (χ1) is 45.4. The van der Waals surface area contributed by atoms with Gasteiger partial charge in [0.15, 0.2) is 34.2 Å². The lowest BCUT2D eigenvalue weighted by Crippen LogP contribution is -2.39. The number of benzene rings is 3. The van der Waals surface area contributed by atoms with Crippen LogP contribution >= 0.6 is 23.2 Å². The van der Waals surface area contributed by atoms with Crippen molar-refractivity contribution in [2.75, 3.05) is 47.4 Å². The Labute approximate surface area is 561 Å². The summed E-state index contributed by atoms with van der Waals surface area (Å²) in [6.45, 7) is 22.9. The minimum atomic E-state index is -0.987. The van der Waals surface area contributed by atoms with Crippen molar-refractivity contribution >= 4 is 70.1 Å². The number of halogens is 8. The number of anilines is 4. The predicted octanol–water partition coefficient (Wildman–Crippen LogP) is 14.7. The minimum Gasteiger partial charge on any atom is -0.320 e. The van der Waals surface area contributed by atoms with Gasteiger partial charge in [-0.2, -0.15) is 20.4 Å². The van der Waals surface area contributed by atoms with Gasteiger partial charge in [-0.1, -0.05) is 91.9 Å². The topological polar surface area (TPSA) is 257 Å². The highest BCUT2D eigenvalue weighted by molar-refractivity contribution is 6.31. The average molecular weight is 1370 g/mol. The zero-order valence-corrected chi connectivity index (χ0v) is 56.2. The van der Waals surface area contributed by atoms with E-state index in [0.717, 1.165) is 118 Å². The Balaban J connectivity index is 0.000000139. The van der Waals surface area contributed by atoms with Crippen LogP contribution in [0.25, 0.3) is 0 Å². The summed E-state index contributed by atoms with van der Waals surface area (Å²) in [7, 11) is 0. The molecule has 1 saturated carbocycles. The highest BCUT2D eigenvalue weighted by atomic mass is 35.5. The summed E-state index contributed by atoms with van der Waals surface area (Å²) >= 11 is 11.4. The Morgan fingerprint density at radius 1 is 0.458 bits per heavy atom. The van der Waals surface area contributed by atoms with Crippen LogP contribution in [0.15, 0.2) is 66.9 Å². The van der Waals surface area contributed by atoms with Crippen LogP contribution in [-0.4, -0.2) is 116 Å². The molecule has 8 amide bonds. The molecule has 3 aromatic carbocycles. The van der Waals surface area contributed by atoms with Gasteiger partial charge in [-0.25, -0.2) is 50.5 Å². The van der Waals surface area contributed by atoms with Gasteiger partial charge < -0.3 is 40.9 Å². The number of hydrogen-bond donors (Lipinski definition) is 8. The smallest absolute Gasteiger partial charge is 0.320 e. The monoisotopic (exact) mass is 1370 g/mol. The lowest BCUT2D eigenvalue weighted by Gasteiger charge is -2.30. The van der Waals surface area contributed by atoms with E-state index in [9.17, 15) is 45.5 Å². The lowest BCUT2D eigenvalue weighted by atomic mass is 9.81. The molecular formula is C67H77Cl2F6N17O4. The first-order valence-corrected chi connectivity index (χ1v) is 32.3. The molecule has 29 heteroatoms. The lowest BCUT2D eigenvalue weighted by molar-refractivity contribution is 0.205. The summed E-state index contributed by atoms with van der Waals surface area (Å²) in [6, 6.07) is 10.9. The molecule has 21 nitrogen and oxygen atoms in total. The number of H-pyrrole nitrogens is 4. The Hall–Kier alpha value is -9.11. The molecule has 510 valence electrons. The van der Waals surface area contributed by atoms with Crippen LogP contribution in [0.1, 0.15) is 155 Å². The number of carbonyl (C=O) groups is 4. The van der Waals surface area contributed by atoms with Gasteiger partial charge in [0.1, 0.15) is 5.82 Å². The fourth-order valence-electron chi connectivity index (χ4n) is 11.8. The van der Waals surface area contributed by atoms with Crippen molar-refractivity contribution in [3.63, 3.8) is 0 Å². The van der Waals surface area contributed by atoms with Crippen LogP contribution in [0.5, 0.6) is 0 Å². The number of aromatic amines is 4. The number of aromatic nitrogens is 9. The molecule has 4 aliphatic heterocycles. The molecule has 0 saturated heterocycles. The Morgan fingerprint density at radius 3 is 1.18 bits per heavy atom. The molecule has 96 heavy (non-hydrogen) atoms. The molecule has 1 aliphatic carbocycles. The third-order valence-corrected chi connectivity index (χ3v) is 17.7. The van der Waals surface area contributed by atoms with Crippen LogP contribution in [-0.2, 0) is 68.1 Å². The summed E-state index contributed by atoms with van der Waals surface area (Å²) in [5.41, 5.74) is 13.2. The number of pyridine rings is 1. The van der Waals surface area contributed by atoms with Gasteiger partial charge in [0.25, 0.3) is 0 Å². The molecule has 0 radical (unpaired) electrons. The molecule has 8 aromatic rings. The van der Waals surface area contributed by atoms with E-state index in [1.807, 2.05) is 0 Å². The number of carbonyl (C=O) groups excluding carboxylic acids is 4. The van der Waals surface area contributed by atoms with E-state index in [1.54, 1.807) is 19.6 Å². The van der Waals surface area contributed by atoms with Gasteiger partial charge in [-0.05, 0) is 61.4 Å². The SMILES string of the molecule is CC(C)(C)c1n[nH]c2c1CN(C(=O)Nc1ccc(F)c(Cl)c1)CC2.CC(C)(C)c1n[nH]c2c1CN(C(=O)Nc1ccc(F)c(F)c1)CC2.CC(C)(C)c1n[nH]c2c1CN(C(=O)Nc1ccnc(Cl)c1F)CC2.O=C(Nc1ccc(F)c(F)c1)N1CCc2[nH]nc(C3CCC3)c2C1. The summed E-state index contributed by atoms with van der Waals surface area (Å²) in [4.78, 5) is 60.2. The van der Waals surface area contributed by atoms with E-state index in [0.29, 0.717) is 76.8 Å². The predicted molar refractivity (Wildman–Crippen MR) is 353 cm³/mol. The van der Waals surface area contributed by atoms with Crippen molar-refractivity contribution in [3.05, 3.63) is 180 Å². The molecule has 13 rings (SSSR count). The van der Waals surface area contributed by atoms with Crippen LogP contribution in [0.3, 0.4) is 0 Å². The molecule has 9 heterocycles.